The van der Waals surface area contributed by atoms with Gasteiger partial charge in [-0.25, -0.2) is 0 Å². The Morgan fingerprint density at radius 2 is 1.47 bits per heavy atom. The van der Waals surface area contributed by atoms with Crippen molar-refractivity contribution >= 4 is 17.9 Å². The van der Waals surface area contributed by atoms with E-state index in [-0.39, 0.29) is 36.0 Å². The summed E-state index contributed by atoms with van der Waals surface area (Å²) >= 11 is 0. The molecule has 7 heteroatoms. The number of fused-ring (bicyclic) bond motifs is 1. The second kappa shape index (κ2) is 11.3. The third-order valence-electron chi connectivity index (χ3n) is 6.27. The number of carbonyl (C=O) groups excluding carboxylic acids is 2. The Labute approximate surface area is 210 Å². The molecule has 184 valence electrons. The van der Waals surface area contributed by atoms with Gasteiger partial charge in [-0.2, -0.15) is 0 Å². The number of rotatable bonds is 8. The first-order valence-corrected chi connectivity index (χ1v) is 12.0. The van der Waals surface area contributed by atoms with Crippen molar-refractivity contribution in [1.29, 1.82) is 0 Å². The highest BCUT2D eigenvalue weighted by atomic mass is 16.6. The maximum absolute atomic E-state index is 13.3. The molecule has 3 aromatic carbocycles. The molecule has 7 nitrogen and oxygen atoms in total. The summed E-state index contributed by atoms with van der Waals surface area (Å²) in [6.45, 7) is 1.16. The minimum absolute atomic E-state index is 0.147. The van der Waals surface area contributed by atoms with Crippen molar-refractivity contribution in [3.8, 4) is 0 Å². The molecule has 0 unspecified atom stereocenters. The van der Waals surface area contributed by atoms with Gasteiger partial charge in [0.05, 0.1) is 25.9 Å². The van der Waals surface area contributed by atoms with Gasteiger partial charge in [0.1, 0.15) is 24.0 Å². The number of nitrogens with one attached hydrogen (secondary N) is 2. The molecule has 0 aliphatic carbocycles. The minimum atomic E-state index is -0.408. The van der Waals surface area contributed by atoms with E-state index in [2.05, 4.69) is 10.6 Å². The topological polar surface area (TPSA) is 85.9 Å². The largest absolute Gasteiger partial charge is 0.370 e. The van der Waals surface area contributed by atoms with Gasteiger partial charge >= 0.3 is 0 Å². The van der Waals surface area contributed by atoms with Gasteiger partial charge in [0.2, 0.25) is 0 Å². The second-order valence-corrected chi connectivity index (χ2v) is 8.80. The maximum atomic E-state index is 13.3. The average molecular weight is 485 g/mol. The van der Waals surface area contributed by atoms with Crippen molar-refractivity contribution in [2.75, 3.05) is 13.2 Å². The molecular weight excluding hydrogens is 456 g/mol. The third-order valence-corrected chi connectivity index (χ3v) is 6.27. The van der Waals surface area contributed by atoms with E-state index in [1.54, 1.807) is 30.3 Å². The highest BCUT2D eigenvalue weighted by Gasteiger charge is 2.49. The summed E-state index contributed by atoms with van der Waals surface area (Å²) in [6.07, 6.45) is 0.858. The van der Waals surface area contributed by atoms with Crippen molar-refractivity contribution < 1.29 is 23.8 Å². The molecule has 2 saturated heterocycles. The van der Waals surface area contributed by atoms with E-state index in [1.807, 2.05) is 66.7 Å². The van der Waals surface area contributed by atoms with Gasteiger partial charge in [0.25, 0.3) is 11.8 Å². The first-order chi connectivity index (χ1) is 17.7. The highest BCUT2D eigenvalue weighted by Crippen LogP contribution is 2.29. The van der Waals surface area contributed by atoms with Crippen molar-refractivity contribution in [2.45, 2.75) is 31.0 Å². The molecule has 5 rings (SSSR count). The Balaban J connectivity index is 1.25. The van der Waals surface area contributed by atoms with Crippen LogP contribution in [-0.4, -0.2) is 49.4 Å². The quantitative estimate of drug-likeness (QED) is 0.479. The predicted octanol–water partition coefficient (Wildman–Crippen LogP) is 3.33. The van der Waals surface area contributed by atoms with Gasteiger partial charge in [0.15, 0.2) is 0 Å². The standard InChI is InChI=1S/C29H28N2O5/c32-28(22-14-8-3-9-15-22)30-23(16-20-10-4-1-5-11-20)29(33)31-24-18-35-27-25(19-36-26(24)27)34-17-21-12-6-2-7-13-21/h1-16,24-27H,17-19H2,(H,30,32)(H,31,33)/b23-16-/t24-,25-,26-,27-/m1/s1. The number of hydrogen-bond acceptors (Lipinski definition) is 5. The highest BCUT2D eigenvalue weighted by molar-refractivity contribution is 6.05. The smallest absolute Gasteiger partial charge is 0.268 e. The van der Waals surface area contributed by atoms with E-state index in [9.17, 15) is 9.59 Å². The first-order valence-electron chi connectivity index (χ1n) is 12.0. The van der Waals surface area contributed by atoms with Crippen LogP contribution in [0.25, 0.3) is 6.08 Å². The van der Waals surface area contributed by atoms with Crippen LogP contribution in [0.5, 0.6) is 0 Å². The van der Waals surface area contributed by atoms with E-state index in [0.717, 1.165) is 11.1 Å². The molecule has 4 atom stereocenters. The zero-order chi connectivity index (χ0) is 24.7. The molecule has 0 radical (unpaired) electrons. The normalized spacial score (nSPS) is 23.2. The van der Waals surface area contributed by atoms with Gasteiger partial charge in [-0.15, -0.1) is 0 Å². The summed E-state index contributed by atoms with van der Waals surface area (Å²) in [5, 5.41) is 5.76. The van der Waals surface area contributed by atoms with Gasteiger partial charge in [-0.3, -0.25) is 9.59 Å². The van der Waals surface area contributed by atoms with Crippen molar-refractivity contribution in [3.05, 3.63) is 113 Å². The fourth-order valence-electron chi connectivity index (χ4n) is 4.41. The maximum Gasteiger partial charge on any atom is 0.268 e. The van der Waals surface area contributed by atoms with Crippen molar-refractivity contribution in [1.82, 2.24) is 10.6 Å². The van der Waals surface area contributed by atoms with E-state index in [0.29, 0.717) is 25.4 Å². The molecule has 2 heterocycles. The van der Waals surface area contributed by atoms with Crippen molar-refractivity contribution in [2.24, 2.45) is 0 Å². The van der Waals surface area contributed by atoms with Crippen molar-refractivity contribution in [3.63, 3.8) is 0 Å². The predicted molar refractivity (Wildman–Crippen MR) is 135 cm³/mol. The molecule has 0 saturated carbocycles. The first kappa shape index (κ1) is 23.9. The van der Waals surface area contributed by atoms with Crippen LogP contribution in [0.3, 0.4) is 0 Å². The molecule has 2 aliphatic heterocycles. The summed E-state index contributed by atoms with van der Waals surface area (Å²) < 4.78 is 18.0. The lowest BCUT2D eigenvalue weighted by Gasteiger charge is -2.19. The van der Waals surface area contributed by atoms with E-state index < -0.39 is 5.91 Å². The van der Waals surface area contributed by atoms with Crippen LogP contribution < -0.4 is 10.6 Å². The van der Waals surface area contributed by atoms with Crippen LogP contribution >= 0.6 is 0 Å². The van der Waals surface area contributed by atoms with Crippen LogP contribution in [0.4, 0.5) is 0 Å². The Kier molecular flexibility index (Phi) is 7.52. The van der Waals surface area contributed by atoms with Gasteiger partial charge < -0.3 is 24.8 Å². The van der Waals surface area contributed by atoms with Crippen LogP contribution in [0.1, 0.15) is 21.5 Å². The number of ether oxygens (including phenoxy) is 3. The second-order valence-electron chi connectivity index (χ2n) is 8.80. The molecular formula is C29H28N2O5. The van der Waals surface area contributed by atoms with E-state index >= 15 is 0 Å². The fraction of sp³-hybridized carbons (Fsp3) is 0.241. The zero-order valence-corrected chi connectivity index (χ0v) is 19.7. The zero-order valence-electron chi connectivity index (χ0n) is 19.7. The Morgan fingerprint density at radius 1 is 0.833 bits per heavy atom. The molecule has 2 N–H and O–H groups in total. The van der Waals surface area contributed by atoms with Crippen LogP contribution in [0, 0.1) is 0 Å². The molecule has 0 bridgehead atoms. The van der Waals surface area contributed by atoms with Crippen LogP contribution in [0.2, 0.25) is 0 Å². The molecule has 2 amide bonds. The van der Waals surface area contributed by atoms with E-state index in [4.69, 9.17) is 14.2 Å². The summed E-state index contributed by atoms with van der Waals surface area (Å²) in [5.74, 6) is -0.769. The molecule has 2 fully saturated rings. The number of amides is 2. The van der Waals surface area contributed by atoms with Gasteiger partial charge in [-0.1, -0.05) is 78.9 Å². The summed E-state index contributed by atoms with van der Waals surface area (Å²) in [7, 11) is 0. The minimum Gasteiger partial charge on any atom is -0.370 e. The summed E-state index contributed by atoms with van der Waals surface area (Å²) in [5.41, 5.74) is 2.48. The SMILES string of the molecule is O=C(N[C@@H]1CO[C@H]2[C@@H]1OC[C@H]2OCc1ccccc1)/C(=C/c1ccccc1)NC(=O)c1ccccc1. The fourth-order valence-corrected chi connectivity index (χ4v) is 4.41. The lowest BCUT2D eigenvalue weighted by Crippen LogP contribution is -2.46. The number of hydrogen-bond donors (Lipinski definition) is 2. The molecule has 3 aromatic rings. The number of benzene rings is 3. The third kappa shape index (κ3) is 5.71. The molecule has 0 aromatic heterocycles. The molecule has 0 spiro atoms. The van der Waals surface area contributed by atoms with Gasteiger partial charge in [0, 0.05) is 5.56 Å². The van der Waals surface area contributed by atoms with Crippen LogP contribution in [0.15, 0.2) is 96.7 Å². The number of carbonyl (C=O) groups is 2. The van der Waals surface area contributed by atoms with Crippen LogP contribution in [-0.2, 0) is 25.6 Å². The van der Waals surface area contributed by atoms with E-state index in [1.165, 1.54) is 0 Å². The Morgan fingerprint density at radius 3 is 2.19 bits per heavy atom. The molecule has 36 heavy (non-hydrogen) atoms. The monoisotopic (exact) mass is 484 g/mol. The Bertz CT molecular complexity index is 1200. The average Bonchev–Trinajstić information content (AvgIpc) is 3.51. The lowest BCUT2D eigenvalue weighted by atomic mass is 10.1. The van der Waals surface area contributed by atoms with Gasteiger partial charge in [-0.05, 0) is 29.3 Å². The molecule has 2 aliphatic rings. The summed E-state index contributed by atoms with van der Waals surface area (Å²) in [4.78, 5) is 26.1. The lowest BCUT2D eigenvalue weighted by molar-refractivity contribution is -0.119. The summed E-state index contributed by atoms with van der Waals surface area (Å²) in [6, 6.07) is 27.7. The Hall–Kier alpha value is -3.78.